The zero-order valence-corrected chi connectivity index (χ0v) is 11.7. The summed E-state index contributed by atoms with van der Waals surface area (Å²) >= 11 is 0. The molecule has 4 nitrogen and oxygen atoms in total. The minimum absolute atomic E-state index is 0.0949. The summed E-state index contributed by atoms with van der Waals surface area (Å²) in [5, 5.41) is 8.57. The third-order valence-corrected chi connectivity index (χ3v) is 4.48. The van der Waals surface area contributed by atoms with Crippen molar-refractivity contribution in [1.29, 1.82) is 0 Å². The van der Waals surface area contributed by atoms with Gasteiger partial charge in [-0.15, -0.1) is 0 Å². The largest absolute Gasteiger partial charge is 0.395 e. The van der Waals surface area contributed by atoms with Gasteiger partial charge in [0.15, 0.2) is 0 Å². The maximum atomic E-state index is 13.7. The molecule has 104 valence electrons. The van der Waals surface area contributed by atoms with Gasteiger partial charge in [-0.2, -0.15) is 0 Å². The maximum Gasteiger partial charge on any atom is 0.242 e. The molecule has 6 heteroatoms. The average Bonchev–Trinajstić information content (AvgIpc) is 2.39. The van der Waals surface area contributed by atoms with Crippen LogP contribution in [-0.4, -0.2) is 38.0 Å². The Morgan fingerprint density at radius 3 is 2.63 bits per heavy atom. The van der Waals surface area contributed by atoms with E-state index in [1.165, 1.54) is 19.2 Å². The van der Waals surface area contributed by atoms with Gasteiger partial charge in [-0.1, -0.05) is 18.8 Å². The molecule has 0 aromatic heterocycles. The quantitative estimate of drug-likeness (QED) is 0.846. The van der Waals surface area contributed by atoms with Gasteiger partial charge in [0.05, 0.1) is 17.1 Å². The molecule has 1 N–H and O–H groups in total. The van der Waals surface area contributed by atoms with Crippen LogP contribution in [0.15, 0.2) is 23.1 Å². The molecule has 1 rings (SSSR count). The number of halogens is 1. The summed E-state index contributed by atoms with van der Waals surface area (Å²) < 4.78 is 38.8. The first-order valence-corrected chi connectivity index (χ1v) is 7.23. The van der Waals surface area contributed by atoms with E-state index in [2.05, 4.69) is 11.8 Å². The molecule has 0 aliphatic heterocycles. The fourth-order valence-corrected chi connectivity index (χ4v) is 2.51. The van der Waals surface area contributed by atoms with E-state index in [1.54, 1.807) is 6.92 Å². The molecule has 0 saturated carbocycles. The minimum atomic E-state index is -3.65. The van der Waals surface area contributed by atoms with Crippen LogP contribution in [-0.2, 0) is 10.0 Å². The van der Waals surface area contributed by atoms with E-state index < -0.39 is 15.8 Å². The van der Waals surface area contributed by atoms with Crippen LogP contribution in [0.4, 0.5) is 4.39 Å². The van der Waals surface area contributed by atoms with Crippen molar-refractivity contribution in [2.45, 2.75) is 18.2 Å². The Balaban J connectivity index is 3.11. The molecular formula is C13H16FNO3S. The van der Waals surface area contributed by atoms with Crippen LogP contribution in [0.25, 0.3) is 0 Å². The molecule has 0 spiro atoms. The molecule has 0 heterocycles. The third-order valence-electron chi connectivity index (χ3n) is 2.55. The summed E-state index contributed by atoms with van der Waals surface area (Å²) in [4.78, 5) is -0.0953. The van der Waals surface area contributed by atoms with Gasteiger partial charge in [0.2, 0.25) is 10.0 Å². The molecule has 0 atom stereocenters. The van der Waals surface area contributed by atoms with Gasteiger partial charge in [-0.25, -0.2) is 17.1 Å². The lowest BCUT2D eigenvalue weighted by atomic mass is 10.2. The second kappa shape index (κ2) is 6.66. The summed E-state index contributed by atoms with van der Waals surface area (Å²) in [6.07, 6.45) is 0.248. The van der Waals surface area contributed by atoms with Crippen molar-refractivity contribution in [3.63, 3.8) is 0 Å². The van der Waals surface area contributed by atoms with Gasteiger partial charge < -0.3 is 5.11 Å². The fraction of sp³-hybridized carbons (Fsp3) is 0.385. The number of aliphatic hydroxyl groups is 1. The lowest BCUT2D eigenvalue weighted by Crippen LogP contribution is -2.26. The van der Waals surface area contributed by atoms with E-state index in [4.69, 9.17) is 5.11 Å². The Labute approximate surface area is 112 Å². The van der Waals surface area contributed by atoms with Gasteiger partial charge in [-0.05, 0) is 18.2 Å². The average molecular weight is 285 g/mol. The van der Waals surface area contributed by atoms with Gasteiger partial charge in [0, 0.05) is 20.0 Å². The van der Waals surface area contributed by atoms with Crippen molar-refractivity contribution in [3.8, 4) is 11.8 Å². The summed E-state index contributed by atoms with van der Waals surface area (Å²) in [7, 11) is -2.22. The molecule has 0 aliphatic carbocycles. The zero-order valence-electron chi connectivity index (χ0n) is 10.9. The summed E-state index contributed by atoms with van der Waals surface area (Å²) in [5.74, 6) is 4.44. The molecule has 1 aromatic rings. The molecule has 0 unspecified atom stereocenters. The molecule has 0 fully saturated rings. The van der Waals surface area contributed by atoms with Crippen LogP contribution in [0.3, 0.4) is 0 Å². The molecule has 0 bridgehead atoms. The smallest absolute Gasteiger partial charge is 0.242 e. The molecule has 0 radical (unpaired) electrons. The van der Waals surface area contributed by atoms with Crippen LogP contribution >= 0.6 is 0 Å². The van der Waals surface area contributed by atoms with Gasteiger partial charge in [0.1, 0.15) is 5.82 Å². The van der Waals surface area contributed by atoms with Gasteiger partial charge in [-0.3, -0.25) is 0 Å². The fourth-order valence-electron chi connectivity index (χ4n) is 1.32. The van der Waals surface area contributed by atoms with E-state index in [-0.39, 0.29) is 23.5 Å². The summed E-state index contributed by atoms with van der Waals surface area (Å²) in [6, 6.07) is 3.62. The Kier molecular flexibility index (Phi) is 5.48. The molecular weight excluding hydrogens is 269 g/mol. The Morgan fingerprint density at radius 2 is 2.11 bits per heavy atom. The maximum absolute atomic E-state index is 13.7. The van der Waals surface area contributed by atoms with Crippen molar-refractivity contribution < 1.29 is 17.9 Å². The van der Waals surface area contributed by atoms with Crippen molar-refractivity contribution in [1.82, 2.24) is 4.31 Å². The summed E-state index contributed by atoms with van der Waals surface area (Å²) in [6.45, 7) is 1.91. The Morgan fingerprint density at radius 1 is 1.42 bits per heavy atom. The topological polar surface area (TPSA) is 57.6 Å². The first-order valence-electron chi connectivity index (χ1n) is 5.79. The van der Waals surface area contributed by atoms with Gasteiger partial charge >= 0.3 is 0 Å². The predicted octanol–water partition coefficient (Wildman–Crippen LogP) is 1.20. The lowest BCUT2D eigenvalue weighted by Gasteiger charge is -2.14. The number of hydrogen-bond acceptors (Lipinski definition) is 3. The molecule has 1 aromatic carbocycles. The normalized spacial score (nSPS) is 11.2. The van der Waals surface area contributed by atoms with Crippen molar-refractivity contribution in [2.75, 3.05) is 20.2 Å². The number of benzene rings is 1. The highest BCUT2D eigenvalue weighted by atomic mass is 32.2. The Bertz CT molecular complexity index is 602. The van der Waals surface area contributed by atoms with E-state index in [0.717, 1.165) is 10.4 Å². The number of rotatable bonds is 4. The number of aliphatic hydroxyl groups excluding tert-OH is 1. The third kappa shape index (κ3) is 3.77. The second-order valence-corrected chi connectivity index (χ2v) is 5.88. The van der Waals surface area contributed by atoms with E-state index in [9.17, 15) is 12.8 Å². The highest BCUT2D eigenvalue weighted by Gasteiger charge is 2.20. The lowest BCUT2D eigenvalue weighted by molar-refractivity contribution is 0.305. The second-order valence-electron chi connectivity index (χ2n) is 3.84. The predicted molar refractivity (Wildman–Crippen MR) is 70.5 cm³/mol. The first-order chi connectivity index (χ1) is 8.93. The highest BCUT2D eigenvalue weighted by Crippen LogP contribution is 2.17. The van der Waals surface area contributed by atoms with E-state index >= 15 is 0 Å². The first kappa shape index (κ1) is 15.6. The van der Waals surface area contributed by atoms with Crippen LogP contribution < -0.4 is 0 Å². The number of sulfonamides is 1. The van der Waals surface area contributed by atoms with Crippen LogP contribution in [0.5, 0.6) is 0 Å². The molecule has 0 saturated heterocycles. The summed E-state index contributed by atoms with van der Waals surface area (Å²) in [5.41, 5.74) is 0.117. The Hall–Kier alpha value is -1.42. The number of nitrogens with zero attached hydrogens (tertiary/aromatic N) is 1. The van der Waals surface area contributed by atoms with Crippen LogP contribution in [0.1, 0.15) is 18.9 Å². The standard InChI is InChI=1S/C13H16FNO3S/c1-3-15(2)19(17,18)12-8-7-11(13(14)10-12)6-4-5-9-16/h7-8,10,16H,3,5,9H2,1-2H3. The monoisotopic (exact) mass is 285 g/mol. The van der Waals surface area contributed by atoms with Crippen molar-refractivity contribution in [3.05, 3.63) is 29.6 Å². The molecule has 19 heavy (non-hydrogen) atoms. The van der Waals surface area contributed by atoms with Crippen molar-refractivity contribution in [2.24, 2.45) is 0 Å². The number of hydrogen-bond donors (Lipinski definition) is 1. The molecule has 0 amide bonds. The van der Waals surface area contributed by atoms with Crippen molar-refractivity contribution >= 4 is 10.0 Å². The van der Waals surface area contributed by atoms with E-state index in [0.29, 0.717) is 6.54 Å². The zero-order chi connectivity index (χ0) is 14.5. The minimum Gasteiger partial charge on any atom is -0.395 e. The molecule has 0 aliphatic rings. The highest BCUT2D eigenvalue weighted by molar-refractivity contribution is 7.89. The van der Waals surface area contributed by atoms with Gasteiger partial charge in [0.25, 0.3) is 0 Å². The van der Waals surface area contributed by atoms with Crippen LogP contribution in [0.2, 0.25) is 0 Å². The van der Waals surface area contributed by atoms with Crippen LogP contribution in [0, 0.1) is 17.7 Å². The SMILES string of the molecule is CCN(C)S(=O)(=O)c1ccc(C#CCCO)c(F)c1. The van der Waals surface area contributed by atoms with E-state index in [1.807, 2.05) is 0 Å².